The topological polar surface area (TPSA) is 68.5 Å². The van der Waals surface area contributed by atoms with E-state index in [9.17, 15) is 9.59 Å². The Morgan fingerprint density at radius 3 is 2.86 bits per heavy atom. The minimum absolute atomic E-state index is 0.125. The number of thioether (sulfide) groups is 1. The molecule has 1 aliphatic heterocycles. The average molecular weight is 331 g/mol. The first-order valence-corrected chi connectivity index (χ1v) is 7.45. The Hall–Kier alpha value is -2.38. The first-order chi connectivity index (χ1) is 10.6. The van der Waals surface area contributed by atoms with Crippen LogP contribution in [-0.2, 0) is 4.79 Å². The quantitative estimate of drug-likeness (QED) is 0.404. The largest absolute Gasteiger partial charge is 0.457 e. The van der Waals surface area contributed by atoms with E-state index in [0.717, 1.165) is 5.56 Å². The number of hydrogen-bond acceptors (Lipinski definition) is 6. The second kappa shape index (κ2) is 6.17. The lowest BCUT2D eigenvalue weighted by molar-refractivity contribution is -0.115. The molecule has 0 aliphatic carbocycles. The smallest absolute Gasteiger partial charge is 0.379 e. The third-order valence-corrected chi connectivity index (χ3v) is 3.89. The summed E-state index contributed by atoms with van der Waals surface area (Å²) in [5.74, 6) is -0.321. The maximum Gasteiger partial charge on any atom is 0.379 e. The molecule has 1 fully saturated rings. The molecule has 0 bridgehead atoms. The second-order valence-electron chi connectivity index (χ2n) is 4.29. The third-order valence-electron chi connectivity index (χ3n) is 2.73. The highest BCUT2D eigenvalue weighted by Crippen LogP contribution is 2.27. The van der Waals surface area contributed by atoms with Gasteiger partial charge in [0, 0.05) is 0 Å². The molecule has 7 heteroatoms. The van der Waals surface area contributed by atoms with E-state index in [1.54, 1.807) is 36.4 Å². The molecular formula is C15H9NO4S2. The molecule has 1 amide bonds. The third kappa shape index (κ3) is 3.26. The number of esters is 1. The lowest BCUT2D eigenvalue weighted by atomic mass is 10.2. The first kappa shape index (κ1) is 14.6. The molecule has 22 heavy (non-hydrogen) atoms. The molecule has 5 nitrogen and oxygen atoms in total. The van der Waals surface area contributed by atoms with Crippen molar-refractivity contribution in [3.63, 3.8) is 0 Å². The van der Waals surface area contributed by atoms with Gasteiger partial charge in [-0.1, -0.05) is 36.1 Å². The summed E-state index contributed by atoms with van der Waals surface area (Å²) < 4.78 is 10.6. The summed E-state index contributed by atoms with van der Waals surface area (Å²) in [5.41, 5.74) is 0.729. The molecular weight excluding hydrogens is 322 g/mol. The van der Waals surface area contributed by atoms with Gasteiger partial charge in [0.15, 0.2) is 0 Å². The lowest BCUT2D eigenvalue weighted by Crippen LogP contribution is -2.17. The van der Waals surface area contributed by atoms with Crippen LogP contribution in [0.4, 0.5) is 0 Å². The highest BCUT2D eigenvalue weighted by atomic mass is 32.2. The summed E-state index contributed by atoms with van der Waals surface area (Å²) >= 11 is 6.12. The van der Waals surface area contributed by atoms with Crippen molar-refractivity contribution in [2.24, 2.45) is 0 Å². The maximum atomic E-state index is 11.8. The van der Waals surface area contributed by atoms with Crippen LogP contribution in [0, 0.1) is 0 Å². The average Bonchev–Trinajstić information content (AvgIpc) is 3.10. The summed E-state index contributed by atoms with van der Waals surface area (Å²) in [6, 6.07) is 9.96. The minimum Gasteiger partial charge on any atom is -0.457 e. The van der Waals surface area contributed by atoms with E-state index < -0.39 is 5.97 Å². The van der Waals surface area contributed by atoms with Crippen LogP contribution in [0.2, 0.25) is 0 Å². The molecule has 0 unspecified atom stereocenters. The van der Waals surface area contributed by atoms with Gasteiger partial charge in [-0.3, -0.25) is 4.79 Å². The van der Waals surface area contributed by atoms with Gasteiger partial charge in [-0.05, 0) is 35.9 Å². The first-order valence-electron chi connectivity index (χ1n) is 6.22. The molecule has 0 radical (unpaired) electrons. The normalized spacial score (nSPS) is 15.9. The highest BCUT2D eigenvalue weighted by molar-refractivity contribution is 8.26. The number of nitrogens with one attached hydrogen (secondary N) is 1. The van der Waals surface area contributed by atoms with Crippen molar-refractivity contribution < 1.29 is 18.7 Å². The SMILES string of the molecule is O=C1NC(=S)S/C1=C/c1cccc(OC(=O)c2ccco2)c1. The second-order valence-corrected chi connectivity index (χ2v) is 6.01. The van der Waals surface area contributed by atoms with Gasteiger partial charge in [-0.2, -0.15) is 0 Å². The van der Waals surface area contributed by atoms with Crippen molar-refractivity contribution >= 4 is 46.3 Å². The molecule has 0 saturated carbocycles. The fourth-order valence-electron chi connectivity index (χ4n) is 1.79. The molecule has 2 heterocycles. The maximum absolute atomic E-state index is 11.8. The molecule has 1 N–H and O–H groups in total. The Bertz CT molecular complexity index is 781. The van der Waals surface area contributed by atoms with E-state index in [4.69, 9.17) is 21.4 Å². The highest BCUT2D eigenvalue weighted by Gasteiger charge is 2.22. The van der Waals surface area contributed by atoms with Gasteiger partial charge in [-0.15, -0.1) is 0 Å². The molecule has 0 atom stereocenters. The van der Waals surface area contributed by atoms with Crippen molar-refractivity contribution in [3.05, 3.63) is 58.9 Å². The molecule has 0 spiro atoms. The van der Waals surface area contributed by atoms with Crippen LogP contribution in [0.5, 0.6) is 5.75 Å². The van der Waals surface area contributed by atoms with Crippen LogP contribution in [-0.4, -0.2) is 16.2 Å². The van der Waals surface area contributed by atoms with E-state index in [-0.39, 0.29) is 11.7 Å². The number of benzene rings is 1. The Morgan fingerprint density at radius 2 is 2.18 bits per heavy atom. The number of carbonyl (C=O) groups is 2. The van der Waals surface area contributed by atoms with E-state index in [0.29, 0.717) is 15.0 Å². The molecule has 2 aromatic rings. The van der Waals surface area contributed by atoms with Crippen molar-refractivity contribution in [1.29, 1.82) is 0 Å². The van der Waals surface area contributed by atoms with Crippen LogP contribution in [0.15, 0.2) is 52.0 Å². The zero-order chi connectivity index (χ0) is 15.5. The van der Waals surface area contributed by atoms with Gasteiger partial charge >= 0.3 is 5.97 Å². The summed E-state index contributed by atoms with van der Waals surface area (Å²) in [6.07, 6.45) is 3.08. The van der Waals surface area contributed by atoms with Gasteiger partial charge in [0.25, 0.3) is 5.91 Å². The molecule has 1 aromatic carbocycles. The Balaban J connectivity index is 1.78. The number of furan rings is 1. The number of hydrogen-bond donors (Lipinski definition) is 1. The van der Waals surface area contributed by atoms with Crippen LogP contribution >= 0.6 is 24.0 Å². The van der Waals surface area contributed by atoms with Crippen molar-refractivity contribution in [1.82, 2.24) is 5.32 Å². The van der Waals surface area contributed by atoms with E-state index in [2.05, 4.69) is 5.32 Å². The fraction of sp³-hybridized carbons (Fsp3) is 0. The zero-order valence-electron chi connectivity index (χ0n) is 11.1. The number of carbonyl (C=O) groups excluding carboxylic acids is 2. The standard InChI is InChI=1S/C15H9NO4S2/c17-13-12(22-15(21)16-13)8-9-3-1-4-10(7-9)20-14(18)11-5-2-6-19-11/h1-8H,(H,16,17,21)/b12-8+. The van der Waals surface area contributed by atoms with Gasteiger partial charge in [0.1, 0.15) is 10.1 Å². The number of amides is 1. The van der Waals surface area contributed by atoms with Crippen LogP contribution < -0.4 is 10.1 Å². The van der Waals surface area contributed by atoms with Crippen LogP contribution in [0.3, 0.4) is 0 Å². The van der Waals surface area contributed by atoms with Gasteiger partial charge in [0.05, 0.1) is 11.2 Å². The predicted molar refractivity (Wildman–Crippen MR) is 86.4 cm³/mol. The van der Waals surface area contributed by atoms with Gasteiger partial charge < -0.3 is 14.5 Å². The van der Waals surface area contributed by atoms with Crippen LogP contribution in [0.1, 0.15) is 16.1 Å². The van der Waals surface area contributed by atoms with Gasteiger partial charge in [-0.25, -0.2) is 4.79 Å². The molecule has 110 valence electrons. The fourth-order valence-corrected chi connectivity index (χ4v) is 2.84. The van der Waals surface area contributed by atoms with Crippen molar-refractivity contribution in [3.8, 4) is 5.75 Å². The van der Waals surface area contributed by atoms with E-state index >= 15 is 0 Å². The summed E-state index contributed by atoms with van der Waals surface area (Å²) in [4.78, 5) is 23.9. The molecule has 3 rings (SSSR count). The van der Waals surface area contributed by atoms with E-state index in [1.165, 1.54) is 24.1 Å². The van der Waals surface area contributed by atoms with Crippen LogP contribution in [0.25, 0.3) is 6.08 Å². The minimum atomic E-state index is -0.580. The zero-order valence-corrected chi connectivity index (χ0v) is 12.7. The van der Waals surface area contributed by atoms with Gasteiger partial charge in [0.2, 0.25) is 5.76 Å². The summed E-state index contributed by atoms with van der Waals surface area (Å²) in [6.45, 7) is 0. The Morgan fingerprint density at radius 1 is 1.32 bits per heavy atom. The number of ether oxygens (including phenoxy) is 1. The van der Waals surface area contributed by atoms with E-state index in [1.807, 2.05) is 0 Å². The van der Waals surface area contributed by atoms with Crippen molar-refractivity contribution in [2.45, 2.75) is 0 Å². The Kier molecular flexibility index (Phi) is 4.08. The molecule has 1 saturated heterocycles. The molecule has 1 aliphatic rings. The number of thiocarbonyl (C=S) groups is 1. The lowest BCUT2D eigenvalue weighted by Gasteiger charge is -2.03. The number of rotatable bonds is 3. The van der Waals surface area contributed by atoms with Crippen molar-refractivity contribution in [2.75, 3.05) is 0 Å². The summed E-state index contributed by atoms with van der Waals surface area (Å²) in [7, 11) is 0. The summed E-state index contributed by atoms with van der Waals surface area (Å²) in [5, 5.41) is 2.54. The monoisotopic (exact) mass is 331 g/mol. The predicted octanol–water partition coefficient (Wildman–Crippen LogP) is 2.99. The molecule has 1 aromatic heterocycles. The Labute approximate surface area is 135 Å².